The van der Waals surface area contributed by atoms with Gasteiger partial charge in [-0.3, -0.25) is 0 Å². The third-order valence-electron chi connectivity index (χ3n) is 32.9. The van der Waals surface area contributed by atoms with Crippen LogP contribution in [0.3, 0.4) is 0 Å². The van der Waals surface area contributed by atoms with Crippen LogP contribution in [0, 0.1) is 6.92 Å². The zero-order chi connectivity index (χ0) is 100. The van der Waals surface area contributed by atoms with Gasteiger partial charge in [-0.05, 0) is 235 Å². The van der Waals surface area contributed by atoms with Crippen molar-refractivity contribution in [1.82, 2.24) is 0 Å². The first-order valence-corrected chi connectivity index (χ1v) is 52.2. The van der Waals surface area contributed by atoms with E-state index in [0.717, 1.165) is 80.1 Å². The number of ether oxygens (including phenoxy) is 4. The molecule has 6 nitrogen and oxygen atoms in total. The average Bonchev–Trinajstić information content (AvgIpc) is 0.743. The molecule has 0 fully saturated rings. The maximum absolute atomic E-state index is 7.10. The normalized spacial score (nSPS) is 14.6. The van der Waals surface area contributed by atoms with Gasteiger partial charge in [0.15, 0.2) is 0 Å². The standard InChI is InChI=1S/C45H35BN2O.C33H25BO.C30H23BO.C29H33BO/c1-45(2)38-25-15-16-26-40(38)46-41-28-27-36(47(32-17-7-3-8-18-32)33-19-9-4-10-20-33)30-42(41)49-43-31-37(29-39(45)44(43)46)48(34-21-11-5-12-22-34)35-23-13-6-14-24-35;1-33(2)26-15-9-10-16-28(26)34-29-18-17-24(22-11-5-3-6-12-22)20-30(29)35-31-21-25(19-27(33)32(31)34)23-13-7-4-8-14-23;1-18-12-14-25-23(16-18)30(2,3)24-17-20-9-5-7-11-22(20)29-27(24)31(25)26-15-13-19-8-4-6-10-21(19)28(26)32-29;1-27(2,3)18-13-14-23-24(16-18)31-25-17-19(28(4,5)6)15-21-26(25)30(23)22-12-10-9-11-20(22)29(21,7)8/h3-31H,1-2H3;3-21H,1-2H3;4-17H,1-3H3;9-17H,1-8H3. The third-order valence-corrected chi connectivity index (χ3v) is 32.9. The molecule has 0 bridgehead atoms. The van der Waals surface area contributed by atoms with Crippen molar-refractivity contribution >= 4 is 148 Å². The summed E-state index contributed by atoms with van der Waals surface area (Å²) >= 11 is 0. The third kappa shape index (κ3) is 15.4. The fourth-order valence-electron chi connectivity index (χ4n) is 25.3. The van der Waals surface area contributed by atoms with Gasteiger partial charge in [0.2, 0.25) is 0 Å². The lowest BCUT2D eigenvalue weighted by molar-refractivity contribution is 0.476. The first kappa shape index (κ1) is 92.1. The molecule has 8 aliphatic heterocycles. The molecule has 0 radical (unpaired) electrons. The molecule has 10 heteroatoms. The number of anilines is 6. The molecule has 8 heterocycles. The Balaban J connectivity index is 0.000000104. The van der Waals surface area contributed by atoms with Gasteiger partial charge >= 0.3 is 0 Å². The van der Waals surface area contributed by atoms with E-state index in [1.165, 1.54) is 171 Å². The van der Waals surface area contributed by atoms with Gasteiger partial charge in [0.05, 0.1) is 5.69 Å². The van der Waals surface area contributed by atoms with Gasteiger partial charge in [-0.25, -0.2) is 0 Å². The quantitative estimate of drug-likeness (QED) is 0.141. The number of fused-ring (bicyclic) bond motifs is 20. The largest absolute Gasteiger partial charge is 0.458 e. The Morgan fingerprint density at radius 2 is 0.558 bits per heavy atom. The summed E-state index contributed by atoms with van der Waals surface area (Å²) in [5, 5.41) is 4.84. The van der Waals surface area contributed by atoms with E-state index in [2.05, 4.69) is 544 Å². The molecule has 20 aromatic rings. The van der Waals surface area contributed by atoms with Crippen LogP contribution in [0.25, 0.3) is 43.8 Å². The number of hydrogen-bond acceptors (Lipinski definition) is 6. The van der Waals surface area contributed by atoms with Crippen molar-refractivity contribution in [2.75, 3.05) is 9.80 Å². The van der Waals surface area contributed by atoms with Crippen molar-refractivity contribution in [1.29, 1.82) is 0 Å². The highest BCUT2D eigenvalue weighted by molar-refractivity contribution is 7.00. The lowest BCUT2D eigenvalue weighted by Crippen LogP contribution is -2.62. The van der Waals surface area contributed by atoms with E-state index in [-0.39, 0.29) is 59.3 Å². The molecule has 0 aliphatic carbocycles. The molecule has 147 heavy (non-hydrogen) atoms. The molecule has 0 N–H and O–H groups in total. The van der Waals surface area contributed by atoms with Crippen LogP contribution >= 0.6 is 0 Å². The second kappa shape index (κ2) is 35.2. The summed E-state index contributed by atoms with van der Waals surface area (Å²) in [7, 11) is 0. The highest BCUT2D eigenvalue weighted by atomic mass is 16.5. The van der Waals surface area contributed by atoms with Crippen LogP contribution < -0.4 is 94.3 Å². The van der Waals surface area contributed by atoms with Gasteiger partial charge in [0.25, 0.3) is 26.9 Å². The molecule has 8 aliphatic rings. The van der Waals surface area contributed by atoms with Crippen LogP contribution in [0.15, 0.2) is 431 Å². The Labute approximate surface area is 867 Å². The molecule has 0 unspecified atom stereocenters. The van der Waals surface area contributed by atoms with Crippen molar-refractivity contribution in [3.63, 3.8) is 0 Å². The minimum Gasteiger partial charge on any atom is -0.458 e. The fraction of sp³-hybridized carbons (Fsp3) is 0.153. The number of aryl methyl sites for hydroxylation is 1. The Bertz CT molecular complexity index is 8590. The molecule has 20 aromatic carbocycles. The minimum atomic E-state index is -0.232. The first-order chi connectivity index (χ1) is 71.1. The summed E-state index contributed by atoms with van der Waals surface area (Å²) in [6.45, 7) is 35.3. The Morgan fingerprint density at radius 1 is 0.204 bits per heavy atom. The van der Waals surface area contributed by atoms with Crippen LogP contribution in [0.5, 0.6) is 46.0 Å². The Hall–Kier alpha value is -16.0. The van der Waals surface area contributed by atoms with E-state index < -0.39 is 0 Å². The van der Waals surface area contributed by atoms with Gasteiger partial charge in [-0.15, -0.1) is 0 Å². The maximum Gasteiger partial charge on any atom is 0.251 e. The number of rotatable bonds is 8. The minimum absolute atomic E-state index is 0.0601. The number of para-hydroxylation sites is 4. The lowest BCUT2D eigenvalue weighted by Gasteiger charge is -2.42. The summed E-state index contributed by atoms with van der Waals surface area (Å²) in [6.07, 6.45) is 0. The topological polar surface area (TPSA) is 43.4 Å². The summed E-state index contributed by atoms with van der Waals surface area (Å²) in [5.41, 5.74) is 41.8. The fourth-order valence-corrected chi connectivity index (χ4v) is 25.3. The highest BCUT2D eigenvalue weighted by Crippen LogP contribution is 2.51. The van der Waals surface area contributed by atoms with E-state index in [9.17, 15) is 0 Å². The predicted molar refractivity (Wildman–Crippen MR) is 622 cm³/mol. The van der Waals surface area contributed by atoms with E-state index >= 15 is 0 Å². The second-order valence-electron chi connectivity index (χ2n) is 45.3. The molecule has 0 atom stereocenters. The summed E-state index contributed by atoms with van der Waals surface area (Å²) < 4.78 is 27.4. The second-order valence-corrected chi connectivity index (χ2v) is 45.3. The molecule has 0 spiro atoms. The van der Waals surface area contributed by atoms with Crippen molar-refractivity contribution in [3.8, 4) is 68.2 Å². The Kier molecular flexibility index (Phi) is 22.0. The summed E-state index contributed by atoms with van der Waals surface area (Å²) in [6, 6.07) is 156. The van der Waals surface area contributed by atoms with E-state index in [0.29, 0.717) is 0 Å². The molecule has 0 saturated carbocycles. The Morgan fingerprint density at radius 3 is 1.08 bits per heavy atom. The molecule has 0 saturated heterocycles. The van der Waals surface area contributed by atoms with Crippen LogP contribution in [-0.4, -0.2) is 26.9 Å². The van der Waals surface area contributed by atoms with Gasteiger partial charge in [0, 0.05) is 73.0 Å². The van der Waals surface area contributed by atoms with Gasteiger partial charge < -0.3 is 28.7 Å². The molecule has 710 valence electrons. The average molecular weight is 1900 g/mol. The molecular weight excluding hydrogens is 1780 g/mol. The van der Waals surface area contributed by atoms with Gasteiger partial charge in [0.1, 0.15) is 46.0 Å². The van der Waals surface area contributed by atoms with Gasteiger partial charge in [-0.1, -0.05) is 458 Å². The van der Waals surface area contributed by atoms with E-state index in [1.807, 2.05) is 0 Å². The summed E-state index contributed by atoms with van der Waals surface area (Å²) in [5.74, 6) is 7.81. The molecule has 28 rings (SSSR count). The van der Waals surface area contributed by atoms with Crippen molar-refractivity contribution in [3.05, 3.63) is 492 Å². The zero-order valence-electron chi connectivity index (χ0n) is 86.3. The van der Waals surface area contributed by atoms with Crippen molar-refractivity contribution in [2.45, 2.75) is 136 Å². The lowest BCUT2D eigenvalue weighted by atomic mass is 9.30. The number of nitrogens with zero attached hydrogens (tertiary/aromatic N) is 2. The summed E-state index contributed by atoms with van der Waals surface area (Å²) in [4.78, 5) is 4.63. The molecule has 0 amide bonds. The van der Waals surface area contributed by atoms with E-state index in [1.54, 1.807) is 0 Å². The highest BCUT2D eigenvalue weighted by Gasteiger charge is 2.52. The van der Waals surface area contributed by atoms with Crippen LogP contribution in [-0.2, 0) is 32.5 Å². The smallest absolute Gasteiger partial charge is 0.251 e. The number of benzene rings is 20. The van der Waals surface area contributed by atoms with Crippen molar-refractivity contribution in [2.24, 2.45) is 0 Å². The van der Waals surface area contributed by atoms with Crippen LogP contribution in [0.1, 0.15) is 158 Å². The monoisotopic (exact) mass is 1900 g/mol. The molecular formula is C137H116B4N2O4. The SMILES string of the molecule is CC(C)(C)c1ccc2c(c1)Oc1cc(C(C)(C)C)cc3c1B2c1ccccc1C3(C)C.CC1(C)c2ccccc2B2c3ccc(-c4ccccc4)cc3Oc3cc(-c4ccccc4)cc1c32.CC1(C)c2ccccc2B2c3ccc(N(c4ccccc4)c4ccccc4)cc3Oc3cc(N(c4ccccc4)c4ccccc4)cc1c32.Cc1ccc2c(c1)C(C)(C)c1cc3ccccc3c3c1B2c1ccc2ccccc2c1O3. The van der Waals surface area contributed by atoms with Gasteiger partial charge in [-0.2, -0.15) is 0 Å². The van der Waals surface area contributed by atoms with Crippen molar-refractivity contribution < 1.29 is 18.9 Å². The van der Waals surface area contributed by atoms with Crippen LogP contribution in [0.2, 0.25) is 0 Å². The molecule has 0 aromatic heterocycles. The zero-order valence-corrected chi connectivity index (χ0v) is 86.3. The first-order valence-electron chi connectivity index (χ1n) is 52.2. The predicted octanol–water partition coefficient (Wildman–Crippen LogP) is 27.3. The maximum atomic E-state index is 7.10. The van der Waals surface area contributed by atoms with Crippen LogP contribution in [0.4, 0.5) is 34.1 Å². The van der Waals surface area contributed by atoms with E-state index in [4.69, 9.17) is 18.9 Å². The number of hydrogen-bond donors (Lipinski definition) is 0.